The number of aromatic nitrogens is 5. The Balaban J connectivity index is 1.08. The quantitative estimate of drug-likeness (QED) is 0.321. The standard InChI is InChI=1S/C31H31N7O2/c1-21-7-9-26(30(39)32-15-11-23-19-33-27-6-3-2-5-25(23)27)29(36-21)22-12-17-37(18-13-22)31(40)24-8-10-28(34-20-24)38-16-4-14-35-38/h2-10,14,16,19-20,22,33H,11-13,15,17-18H2,1H3,(H,32,39). The lowest BCUT2D eigenvalue weighted by Crippen LogP contribution is -2.38. The highest BCUT2D eigenvalue weighted by Gasteiger charge is 2.28. The second kappa shape index (κ2) is 11.1. The Kier molecular flexibility index (Phi) is 7.09. The molecule has 5 heterocycles. The number of aromatic amines is 1. The first-order valence-electron chi connectivity index (χ1n) is 13.6. The van der Waals surface area contributed by atoms with E-state index < -0.39 is 0 Å². The van der Waals surface area contributed by atoms with Gasteiger partial charge in [-0.05, 0) is 68.1 Å². The van der Waals surface area contributed by atoms with Crippen molar-refractivity contribution in [1.82, 2.24) is 34.9 Å². The summed E-state index contributed by atoms with van der Waals surface area (Å²) in [5, 5.41) is 8.45. The number of benzene rings is 1. The number of piperidine rings is 1. The van der Waals surface area contributed by atoms with Crippen LogP contribution >= 0.6 is 0 Å². The maximum Gasteiger partial charge on any atom is 0.255 e. The van der Waals surface area contributed by atoms with Gasteiger partial charge in [0.1, 0.15) is 0 Å². The van der Waals surface area contributed by atoms with Gasteiger partial charge >= 0.3 is 0 Å². The van der Waals surface area contributed by atoms with Crippen LogP contribution in [0.25, 0.3) is 16.7 Å². The number of amides is 2. The molecular weight excluding hydrogens is 502 g/mol. The van der Waals surface area contributed by atoms with Gasteiger partial charge < -0.3 is 15.2 Å². The second-order valence-corrected chi connectivity index (χ2v) is 10.2. The summed E-state index contributed by atoms with van der Waals surface area (Å²) < 4.78 is 1.66. The summed E-state index contributed by atoms with van der Waals surface area (Å²) in [6.45, 7) is 3.68. The highest BCUT2D eigenvalue weighted by molar-refractivity contribution is 5.96. The van der Waals surface area contributed by atoms with Gasteiger partial charge in [-0.1, -0.05) is 18.2 Å². The number of aryl methyl sites for hydroxylation is 1. The molecule has 0 bridgehead atoms. The number of fused-ring (bicyclic) bond motifs is 1. The van der Waals surface area contributed by atoms with Crippen molar-refractivity contribution in [3.8, 4) is 5.82 Å². The first-order valence-corrected chi connectivity index (χ1v) is 13.6. The van der Waals surface area contributed by atoms with Crippen molar-refractivity contribution in [3.05, 3.63) is 107 Å². The van der Waals surface area contributed by atoms with Gasteiger partial charge in [0.2, 0.25) is 0 Å². The van der Waals surface area contributed by atoms with E-state index >= 15 is 0 Å². The van der Waals surface area contributed by atoms with E-state index in [9.17, 15) is 9.59 Å². The lowest BCUT2D eigenvalue weighted by molar-refractivity contribution is 0.0710. The molecule has 0 atom stereocenters. The minimum atomic E-state index is -0.107. The summed E-state index contributed by atoms with van der Waals surface area (Å²) in [6.07, 6.45) is 9.34. The number of pyridine rings is 2. The van der Waals surface area contributed by atoms with E-state index in [0.29, 0.717) is 36.6 Å². The Morgan fingerprint density at radius 2 is 1.90 bits per heavy atom. The summed E-state index contributed by atoms with van der Waals surface area (Å²) in [5.74, 6) is 0.631. The smallest absolute Gasteiger partial charge is 0.255 e. The number of carbonyl (C=O) groups is 2. The van der Waals surface area contributed by atoms with Crippen LogP contribution in [0.4, 0.5) is 0 Å². The molecule has 5 aromatic rings. The summed E-state index contributed by atoms with van der Waals surface area (Å²) in [7, 11) is 0. The van der Waals surface area contributed by atoms with E-state index in [2.05, 4.69) is 32.5 Å². The van der Waals surface area contributed by atoms with Crippen LogP contribution in [0.5, 0.6) is 0 Å². The molecule has 0 unspecified atom stereocenters. The molecule has 40 heavy (non-hydrogen) atoms. The molecule has 0 saturated carbocycles. The molecule has 2 N–H and O–H groups in total. The zero-order chi connectivity index (χ0) is 27.5. The largest absolute Gasteiger partial charge is 0.361 e. The summed E-state index contributed by atoms with van der Waals surface area (Å²) in [4.78, 5) is 40.7. The Bertz CT molecular complexity index is 1630. The number of carbonyl (C=O) groups excluding carboxylic acids is 2. The van der Waals surface area contributed by atoms with E-state index in [1.165, 1.54) is 10.9 Å². The first kappa shape index (κ1) is 25.5. The molecule has 0 aliphatic carbocycles. The van der Waals surface area contributed by atoms with Gasteiger partial charge in [0.25, 0.3) is 11.8 Å². The topological polar surface area (TPSA) is 109 Å². The van der Waals surface area contributed by atoms with Gasteiger partial charge in [-0.2, -0.15) is 5.10 Å². The molecule has 1 aromatic carbocycles. The lowest BCUT2D eigenvalue weighted by Gasteiger charge is -2.32. The molecule has 9 heteroatoms. The van der Waals surface area contributed by atoms with Crippen molar-refractivity contribution < 1.29 is 9.59 Å². The van der Waals surface area contributed by atoms with Crippen molar-refractivity contribution >= 4 is 22.7 Å². The third-order valence-corrected chi connectivity index (χ3v) is 7.57. The van der Waals surface area contributed by atoms with E-state index in [-0.39, 0.29) is 17.7 Å². The van der Waals surface area contributed by atoms with Crippen molar-refractivity contribution in [2.45, 2.75) is 32.1 Å². The average molecular weight is 534 g/mol. The molecule has 1 aliphatic rings. The van der Waals surface area contributed by atoms with Crippen LogP contribution in [-0.4, -0.2) is 61.1 Å². The average Bonchev–Trinajstić information content (AvgIpc) is 3.68. The van der Waals surface area contributed by atoms with Crippen molar-refractivity contribution in [2.24, 2.45) is 0 Å². The summed E-state index contributed by atoms with van der Waals surface area (Å²) in [6, 6.07) is 17.4. The highest BCUT2D eigenvalue weighted by Crippen LogP contribution is 2.30. The zero-order valence-corrected chi connectivity index (χ0v) is 22.4. The molecular formula is C31H31N7O2. The molecule has 1 aliphatic heterocycles. The number of hydrogen-bond acceptors (Lipinski definition) is 5. The Labute approximate surface area is 232 Å². The molecule has 1 saturated heterocycles. The van der Waals surface area contributed by atoms with E-state index in [4.69, 9.17) is 4.98 Å². The summed E-state index contributed by atoms with van der Waals surface area (Å²) in [5.41, 5.74) is 5.16. The fourth-order valence-corrected chi connectivity index (χ4v) is 5.42. The van der Waals surface area contributed by atoms with Crippen molar-refractivity contribution in [1.29, 1.82) is 0 Å². The van der Waals surface area contributed by atoms with Gasteiger partial charge in [0.05, 0.1) is 16.8 Å². The Morgan fingerprint density at radius 1 is 1.05 bits per heavy atom. The highest BCUT2D eigenvalue weighted by atomic mass is 16.2. The fraction of sp³-hybridized carbons (Fsp3) is 0.258. The second-order valence-electron chi connectivity index (χ2n) is 10.2. The van der Waals surface area contributed by atoms with Crippen molar-refractivity contribution in [2.75, 3.05) is 19.6 Å². The molecule has 1 fully saturated rings. The number of H-pyrrole nitrogens is 1. The molecule has 4 aromatic heterocycles. The van der Waals surface area contributed by atoms with Crippen LogP contribution in [0.1, 0.15) is 56.4 Å². The molecule has 202 valence electrons. The fourth-order valence-electron chi connectivity index (χ4n) is 5.42. The normalized spacial score (nSPS) is 14.0. The van der Waals surface area contributed by atoms with Crippen LogP contribution in [0.15, 0.2) is 79.4 Å². The van der Waals surface area contributed by atoms with Crippen LogP contribution in [-0.2, 0) is 6.42 Å². The monoisotopic (exact) mass is 533 g/mol. The minimum Gasteiger partial charge on any atom is -0.361 e. The van der Waals surface area contributed by atoms with Gasteiger partial charge in [-0.15, -0.1) is 0 Å². The maximum absolute atomic E-state index is 13.2. The maximum atomic E-state index is 13.2. The van der Waals surface area contributed by atoms with E-state index in [1.807, 2.05) is 54.5 Å². The number of para-hydroxylation sites is 1. The Morgan fingerprint density at radius 3 is 2.67 bits per heavy atom. The molecule has 0 spiro atoms. The minimum absolute atomic E-state index is 0.0367. The number of nitrogens with one attached hydrogen (secondary N) is 2. The van der Waals surface area contributed by atoms with Gasteiger partial charge in [-0.25, -0.2) is 9.67 Å². The van der Waals surface area contributed by atoms with E-state index in [1.54, 1.807) is 29.2 Å². The van der Waals surface area contributed by atoms with Gasteiger partial charge in [0.15, 0.2) is 5.82 Å². The van der Waals surface area contributed by atoms with Crippen LogP contribution in [0.3, 0.4) is 0 Å². The molecule has 0 radical (unpaired) electrons. The number of rotatable bonds is 7. The number of hydrogen-bond donors (Lipinski definition) is 2. The first-order chi connectivity index (χ1) is 19.6. The predicted octanol–water partition coefficient (Wildman–Crippen LogP) is 4.44. The predicted molar refractivity (Wildman–Crippen MR) is 153 cm³/mol. The van der Waals surface area contributed by atoms with Crippen molar-refractivity contribution in [3.63, 3.8) is 0 Å². The van der Waals surface area contributed by atoms with Gasteiger partial charge in [0, 0.05) is 66.9 Å². The number of likely N-dealkylation sites (tertiary alicyclic amines) is 1. The van der Waals surface area contributed by atoms with Crippen LogP contribution in [0, 0.1) is 6.92 Å². The third kappa shape index (κ3) is 5.22. The SMILES string of the molecule is Cc1ccc(C(=O)NCCc2c[nH]c3ccccc23)c(C2CCN(C(=O)c3ccc(-n4cccn4)nc3)CC2)n1. The van der Waals surface area contributed by atoms with E-state index in [0.717, 1.165) is 36.2 Å². The number of nitrogens with zero attached hydrogens (tertiary/aromatic N) is 5. The third-order valence-electron chi connectivity index (χ3n) is 7.57. The van der Waals surface area contributed by atoms with Gasteiger partial charge in [-0.3, -0.25) is 14.6 Å². The molecule has 6 rings (SSSR count). The molecule has 2 amide bonds. The van der Waals surface area contributed by atoms with Crippen LogP contribution < -0.4 is 5.32 Å². The van der Waals surface area contributed by atoms with Crippen LogP contribution in [0.2, 0.25) is 0 Å². The summed E-state index contributed by atoms with van der Waals surface area (Å²) >= 11 is 0. The zero-order valence-electron chi connectivity index (χ0n) is 22.4. The Hall–Kier alpha value is -4.79. The lowest BCUT2D eigenvalue weighted by atomic mass is 9.89. The molecule has 9 nitrogen and oxygen atoms in total.